The Balaban J connectivity index is 1.63. The molecule has 1 saturated heterocycles. The van der Waals surface area contributed by atoms with Crippen molar-refractivity contribution in [2.24, 2.45) is 0 Å². The van der Waals surface area contributed by atoms with Crippen molar-refractivity contribution in [2.75, 3.05) is 37.6 Å². The molecule has 28 heavy (non-hydrogen) atoms. The highest BCUT2D eigenvalue weighted by Crippen LogP contribution is 2.23. The van der Waals surface area contributed by atoms with Crippen LogP contribution in [0.5, 0.6) is 0 Å². The van der Waals surface area contributed by atoms with Crippen molar-refractivity contribution in [1.29, 1.82) is 0 Å². The molecular weight excluding hydrogens is 349 g/mol. The quantitative estimate of drug-likeness (QED) is 0.785. The second kappa shape index (κ2) is 8.78. The number of hydrogen-bond donors (Lipinski definition) is 1. The van der Waals surface area contributed by atoms with Gasteiger partial charge in [0.2, 0.25) is 0 Å². The highest BCUT2D eigenvalue weighted by atomic mass is 19.1. The van der Waals surface area contributed by atoms with Gasteiger partial charge in [0.05, 0.1) is 0 Å². The molecule has 2 aromatic rings. The SMILES string of the molecule is C=C(NCC)c1cc(C)c(CN2CCN(c3ccc(C)c(C)c3)CC2)cc1F. The van der Waals surface area contributed by atoms with Crippen molar-refractivity contribution in [2.45, 2.75) is 34.2 Å². The molecule has 0 aliphatic carbocycles. The fourth-order valence-electron chi connectivity index (χ4n) is 3.76. The molecule has 0 aromatic heterocycles. The summed E-state index contributed by atoms with van der Waals surface area (Å²) in [4.78, 5) is 4.86. The van der Waals surface area contributed by atoms with Crippen LogP contribution in [0.4, 0.5) is 10.1 Å². The zero-order chi connectivity index (χ0) is 20.3. The van der Waals surface area contributed by atoms with Crippen LogP contribution in [-0.4, -0.2) is 37.6 Å². The molecule has 0 saturated carbocycles. The van der Waals surface area contributed by atoms with Gasteiger partial charge >= 0.3 is 0 Å². The van der Waals surface area contributed by atoms with Gasteiger partial charge in [-0.3, -0.25) is 4.90 Å². The van der Waals surface area contributed by atoms with Gasteiger partial charge in [-0.1, -0.05) is 12.6 Å². The van der Waals surface area contributed by atoms with Gasteiger partial charge in [-0.15, -0.1) is 0 Å². The van der Waals surface area contributed by atoms with Gasteiger partial charge in [0.1, 0.15) is 5.82 Å². The van der Waals surface area contributed by atoms with E-state index in [1.54, 1.807) is 6.07 Å². The molecule has 1 heterocycles. The van der Waals surface area contributed by atoms with Crippen LogP contribution < -0.4 is 10.2 Å². The predicted molar refractivity (Wildman–Crippen MR) is 117 cm³/mol. The molecule has 3 rings (SSSR count). The molecule has 4 heteroatoms. The number of rotatable bonds is 6. The van der Waals surface area contributed by atoms with E-state index in [2.05, 4.69) is 60.7 Å². The predicted octanol–water partition coefficient (Wildman–Crippen LogP) is 4.65. The maximum absolute atomic E-state index is 14.6. The lowest BCUT2D eigenvalue weighted by Crippen LogP contribution is -2.46. The van der Waals surface area contributed by atoms with Gasteiger partial charge < -0.3 is 10.2 Å². The lowest BCUT2D eigenvalue weighted by atomic mass is 10.0. The molecule has 0 radical (unpaired) electrons. The molecule has 1 fully saturated rings. The lowest BCUT2D eigenvalue weighted by molar-refractivity contribution is 0.249. The Labute approximate surface area is 168 Å². The van der Waals surface area contributed by atoms with Crippen LogP contribution in [-0.2, 0) is 6.54 Å². The summed E-state index contributed by atoms with van der Waals surface area (Å²) in [5.41, 5.74) is 7.37. The highest BCUT2D eigenvalue weighted by Gasteiger charge is 2.19. The average Bonchev–Trinajstić information content (AvgIpc) is 2.67. The Morgan fingerprint density at radius 3 is 2.36 bits per heavy atom. The molecule has 2 aromatic carbocycles. The average molecular weight is 382 g/mol. The summed E-state index contributed by atoms with van der Waals surface area (Å²) >= 11 is 0. The molecular formula is C24H32FN3. The Morgan fingerprint density at radius 2 is 1.71 bits per heavy atom. The molecule has 1 aliphatic heterocycles. The minimum atomic E-state index is -0.194. The lowest BCUT2D eigenvalue weighted by Gasteiger charge is -2.36. The van der Waals surface area contributed by atoms with Crippen LogP contribution in [0, 0.1) is 26.6 Å². The van der Waals surface area contributed by atoms with Crippen LogP contribution in [0.2, 0.25) is 0 Å². The van der Waals surface area contributed by atoms with Crippen molar-refractivity contribution in [3.8, 4) is 0 Å². The number of nitrogens with one attached hydrogen (secondary N) is 1. The third kappa shape index (κ3) is 4.56. The molecule has 150 valence electrons. The zero-order valence-electron chi connectivity index (χ0n) is 17.6. The molecule has 0 bridgehead atoms. The zero-order valence-corrected chi connectivity index (χ0v) is 17.6. The minimum absolute atomic E-state index is 0.194. The van der Waals surface area contributed by atoms with E-state index in [0.717, 1.165) is 50.4 Å². The number of benzene rings is 2. The first-order valence-corrected chi connectivity index (χ1v) is 10.2. The monoisotopic (exact) mass is 381 g/mol. The molecule has 0 atom stereocenters. The number of aryl methyl sites for hydroxylation is 3. The van der Waals surface area contributed by atoms with Gasteiger partial charge in [0.15, 0.2) is 0 Å². The van der Waals surface area contributed by atoms with Crippen LogP contribution >= 0.6 is 0 Å². The van der Waals surface area contributed by atoms with E-state index in [9.17, 15) is 4.39 Å². The fourth-order valence-corrected chi connectivity index (χ4v) is 3.76. The third-order valence-corrected chi connectivity index (χ3v) is 5.76. The Morgan fingerprint density at radius 1 is 1.00 bits per heavy atom. The third-order valence-electron chi connectivity index (χ3n) is 5.76. The van der Waals surface area contributed by atoms with E-state index < -0.39 is 0 Å². The van der Waals surface area contributed by atoms with Gasteiger partial charge in [0, 0.05) is 56.2 Å². The van der Waals surface area contributed by atoms with Crippen molar-refractivity contribution < 1.29 is 4.39 Å². The van der Waals surface area contributed by atoms with E-state index >= 15 is 0 Å². The second-order valence-electron chi connectivity index (χ2n) is 7.80. The van der Waals surface area contributed by atoms with Crippen LogP contribution in [0.3, 0.4) is 0 Å². The van der Waals surface area contributed by atoms with E-state index in [0.29, 0.717) is 11.3 Å². The summed E-state index contributed by atoms with van der Waals surface area (Å²) in [6.07, 6.45) is 0. The van der Waals surface area contributed by atoms with Crippen molar-refractivity contribution in [1.82, 2.24) is 10.2 Å². The second-order valence-corrected chi connectivity index (χ2v) is 7.80. The fraction of sp³-hybridized carbons (Fsp3) is 0.417. The number of hydrogen-bond acceptors (Lipinski definition) is 3. The molecule has 1 N–H and O–H groups in total. The van der Waals surface area contributed by atoms with Gasteiger partial charge in [-0.25, -0.2) is 4.39 Å². The van der Waals surface area contributed by atoms with E-state index in [-0.39, 0.29) is 5.82 Å². The summed E-state index contributed by atoms with van der Waals surface area (Å²) in [6.45, 7) is 17.8. The first-order valence-electron chi connectivity index (χ1n) is 10.2. The molecule has 0 unspecified atom stereocenters. The molecule has 0 spiro atoms. The maximum atomic E-state index is 14.6. The summed E-state index contributed by atoms with van der Waals surface area (Å²) in [5.74, 6) is -0.194. The van der Waals surface area contributed by atoms with Crippen LogP contribution in [0.1, 0.15) is 34.7 Å². The van der Waals surface area contributed by atoms with Crippen LogP contribution in [0.25, 0.3) is 5.70 Å². The number of piperazine rings is 1. The molecule has 3 nitrogen and oxygen atoms in total. The summed E-state index contributed by atoms with van der Waals surface area (Å²) in [6, 6.07) is 10.3. The maximum Gasteiger partial charge on any atom is 0.132 e. The first-order chi connectivity index (χ1) is 13.4. The number of nitrogens with zero attached hydrogens (tertiary/aromatic N) is 2. The normalized spacial score (nSPS) is 15.0. The molecule has 0 amide bonds. The smallest absolute Gasteiger partial charge is 0.132 e. The Bertz CT molecular complexity index is 851. The molecule has 1 aliphatic rings. The standard InChI is InChI=1S/C24H32FN3/c1-6-26-20(5)23-14-19(4)21(15-24(23)25)16-27-9-11-28(12-10-27)22-8-7-17(2)18(3)13-22/h7-8,13-15,26H,5-6,9-12,16H2,1-4H3. The van der Waals surface area contributed by atoms with Crippen molar-refractivity contribution >= 4 is 11.4 Å². The summed E-state index contributed by atoms with van der Waals surface area (Å²) in [5, 5.41) is 3.11. The topological polar surface area (TPSA) is 18.5 Å². The Kier molecular flexibility index (Phi) is 6.40. The number of halogens is 1. The van der Waals surface area contributed by atoms with Gasteiger partial charge in [-0.05, 0) is 74.2 Å². The first kappa shape index (κ1) is 20.4. The summed E-state index contributed by atoms with van der Waals surface area (Å²) in [7, 11) is 0. The van der Waals surface area contributed by atoms with E-state index in [4.69, 9.17) is 0 Å². The summed E-state index contributed by atoms with van der Waals surface area (Å²) < 4.78 is 14.6. The Hall–Kier alpha value is -2.33. The van der Waals surface area contributed by atoms with Gasteiger partial charge in [0.25, 0.3) is 0 Å². The van der Waals surface area contributed by atoms with Crippen LogP contribution in [0.15, 0.2) is 36.9 Å². The van der Waals surface area contributed by atoms with Crippen molar-refractivity contribution in [3.63, 3.8) is 0 Å². The van der Waals surface area contributed by atoms with Crippen molar-refractivity contribution in [3.05, 3.63) is 70.5 Å². The largest absolute Gasteiger partial charge is 0.385 e. The minimum Gasteiger partial charge on any atom is -0.385 e. The highest BCUT2D eigenvalue weighted by molar-refractivity contribution is 5.63. The van der Waals surface area contributed by atoms with E-state index in [1.165, 1.54) is 16.8 Å². The van der Waals surface area contributed by atoms with Gasteiger partial charge in [-0.2, -0.15) is 0 Å². The van der Waals surface area contributed by atoms with E-state index in [1.807, 2.05) is 13.0 Å². The number of anilines is 1.